The number of halogens is 1. The molecule has 1 amide bonds. The molecule has 0 aromatic heterocycles. The zero-order valence-corrected chi connectivity index (χ0v) is 13.3. The lowest BCUT2D eigenvalue weighted by Crippen LogP contribution is -2.41. The monoisotopic (exact) mass is 341 g/mol. The highest BCUT2D eigenvalue weighted by Gasteiger charge is 2.35. The van der Waals surface area contributed by atoms with Crippen molar-refractivity contribution in [3.63, 3.8) is 0 Å². The van der Waals surface area contributed by atoms with Crippen LogP contribution in [0.4, 0.5) is 9.18 Å². The van der Waals surface area contributed by atoms with Crippen LogP contribution in [0.3, 0.4) is 0 Å². The van der Waals surface area contributed by atoms with Gasteiger partial charge in [-0.1, -0.05) is 42.5 Å². The number of hydrogen-bond donors (Lipinski definition) is 1. The molecule has 0 aliphatic carbocycles. The molecule has 0 radical (unpaired) electrons. The predicted octanol–water partition coefficient (Wildman–Crippen LogP) is 3.31. The Balaban J connectivity index is 1.71. The molecule has 128 valence electrons. The van der Waals surface area contributed by atoms with E-state index in [1.807, 2.05) is 30.3 Å². The molecule has 3 rings (SSSR count). The number of carbonyl (C=O) groups excluding carboxylic acids is 1. The quantitative estimate of drug-likeness (QED) is 0.926. The summed E-state index contributed by atoms with van der Waals surface area (Å²) in [6.45, 7) is 0.157. The number of nitrogens with zero attached hydrogens (tertiary/aromatic N) is 1. The third-order valence-electron chi connectivity index (χ3n) is 3.94. The largest absolute Gasteiger partial charge is 0.479 e. The molecule has 2 aromatic carbocycles. The lowest BCUT2D eigenvalue weighted by molar-refractivity contribution is -0.140. The number of hydrogen-bond acceptors (Lipinski definition) is 3. The van der Waals surface area contributed by atoms with Gasteiger partial charge in [-0.25, -0.2) is 14.0 Å². The summed E-state index contributed by atoms with van der Waals surface area (Å²) >= 11 is 0. The fourth-order valence-electron chi connectivity index (χ4n) is 2.65. The van der Waals surface area contributed by atoms with Gasteiger partial charge in [0.15, 0.2) is 6.04 Å². The van der Waals surface area contributed by atoms with Crippen molar-refractivity contribution in [1.82, 2.24) is 4.90 Å². The summed E-state index contributed by atoms with van der Waals surface area (Å²) in [5, 5.41) is 9.37. The van der Waals surface area contributed by atoms with Gasteiger partial charge in [-0.2, -0.15) is 0 Å². The van der Waals surface area contributed by atoms with Crippen LogP contribution in [0.2, 0.25) is 0 Å². The first-order chi connectivity index (χ1) is 12.0. The number of carboxylic acid groups (broad SMARTS) is 1. The van der Waals surface area contributed by atoms with Crippen LogP contribution in [-0.2, 0) is 16.1 Å². The van der Waals surface area contributed by atoms with Crippen molar-refractivity contribution in [1.29, 1.82) is 0 Å². The molecule has 0 bridgehead atoms. The average molecular weight is 341 g/mol. The van der Waals surface area contributed by atoms with Gasteiger partial charge in [0.05, 0.1) is 6.54 Å². The zero-order chi connectivity index (χ0) is 17.8. The van der Waals surface area contributed by atoms with Crippen LogP contribution < -0.4 is 0 Å². The molecule has 0 spiro atoms. The van der Waals surface area contributed by atoms with E-state index >= 15 is 0 Å². The van der Waals surface area contributed by atoms with E-state index in [1.165, 1.54) is 18.2 Å². The van der Waals surface area contributed by atoms with E-state index in [1.54, 1.807) is 12.1 Å². The van der Waals surface area contributed by atoms with Crippen molar-refractivity contribution in [2.24, 2.45) is 0 Å². The van der Waals surface area contributed by atoms with E-state index < -0.39 is 18.1 Å². The summed E-state index contributed by atoms with van der Waals surface area (Å²) in [6.07, 6.45) is 0.781. The number of carbonyl (C=O) groups is 2. The Hall–Kier alpha value is -3.15. The third-order valence-corrected chi connectivity index (χ3v) is 3.94. The molecule has 25 heavy (non-hydrogen) atoms. The van der Waals surface area contributed by atoms with E-state index in [9.17, 15) is 19.1 Å². The van der Waals surface area contributed by atoms with Gasteiger partial charge in [0, 0.05) is 0 Å². The van der Waals surface area contributed by atoms with E-state index in [0.29, 0.717) is 11.1 Å². The second-order valence-electron chi connectivity index (χ2n) is 5.65. The average Bonchev–Trinajstić information content (AvgIpc) is 3.07. The first kappa shape index (κ1) is 16.7. The van der Waals surface area contributed by atoms with Crippen molar-refractivity contribution in [2.75, 3.05) is 6.54 Å². The maximum atomic E-state index is 13.0. The Morgan fingerprint density at radius 2 is 1.80 bits per heavy atom. The number of carboxylic acids is 1. The molecule has 1 atom stereocenters. The van der Waals surface area contributed by atoms with Crippen LogP contribution in [0.1, 0.15) is 11.1 Å². The minimum atomic E-state index is -1.14. The highest BCUT2D eigenvalue weighted by atomic mass is 19.1. The summed E-state index contributed by atoms with van der Waals surface area (Å²) in [6, 6.07) is 13.7. The Kier molecular flexibility index (Phi) is 4.79. The van der Waals surface area contributed by atoms with Gasteiger partial charge in [-0.15, -0.1) is 0 Å². The van der Waals surface area contributed by atoms with Gasteiger partial charge in [0.25, 0.3) is 0 Å². The highest BCUT2D eigenvalue weighted by Crippen LogP contribution is 2.26. The first-order valence-electron chi connectivity index (χ1n) is 7.71. The number of benzene rings is 2. The summed E-state index contributed by atoms with van der Waals surface area (Å²) < 4.78 is 18.3. The van der Waals surface area contributed by atoms with Crippen LogP contribution >= 0.6 is 0 Å². The normalized spacial score (nSPS) is 16.4. The molecule has 1 N–H and O–H groups in total. The molecule has 1 aliphatic rings. The molecule has 0 saturated heterocycles. The number of aliphatic carboxylic acids is 1. The Bertz CT molecular complexity index is 802. The van der Waals surface area contributed by atoms with Crippen LogP contribution in [0.25, 0.3) is 5.57 Å². The molecule has 0 fully saturated rings. The van der Waals surface area contributed by atoms with E-state index in [2.05, 4.69) is 0 Å². The minimum absolute atomic E-state index is 0.0639. The van der Waals surface area contributed by atoms with E-state index in [0.717, 1.165) is 10.5 Å². The van der Waals surface area contributed by atoms with Crippen molar-refractivity contribution in [3.8, 4) is 0 Å². The summed E-state index contributed by atoms with van der Waals surface area (Å²) in [7, 11) is 0. The van der Waals surface area contributed by atoms with Gasteiger partial charge in [0.2, 0.25) is 0 Å². The lowest BCUT2D eigenvalue weighted by Gasteiger charge is -2.21. The molecule has 1 heterocycles. The fourth-order valence-corrected chi connectivity index (χ4v) is 2.65. The van der Waals surface area contributed by atoms with Crippen molar-refractivity contribution >= 4 is 17.6 Å². The van der Waals surface area contributed by atoms with Crippen LogP contribution in [0.15, 0.2) is 60.7 Å². The van der Waals surface area contributed by atoms with Gasteiger partial charge in [-0.3, -0.25) is 4.90 Å². The maximum absolute atomic E-state index is 13.0. The zero-order valence-electron chi connectivity index (χ0n) is 13.3. The molecule has 0 saturated carbocycles. The topological polar surface area (TPSA) is 66.8 Å². The Morgan fingerprint density at radius 3 is 2.44 bits per heavy atom. The van der Waals surface area contributed by atoms with Crippen molar-refractivity contribution in [2.45, 2.75) is 12.6 Å². The number of ether oxygens (including phenoxy) is 1. The molecular formula is C19H16FNO4. The predicted molar refractivity (Wildman–Crippen MR) is 89.1 cm³/mol. The van der Waals surface area contributed by atoms with Gasteiger partial charge < -0.3 is 9.84 Å². The standard InChI is InChI=1S/C19H16FNO4/c20-16-8-6-14(7-9-16)15-10-17(18(22)23)21(11-15)19(24)25-12-13-4-2-1-3-5-13/h1-10,17H,11-12H2,(H,22,23)/t17-/m0/s1. The van der Waals surface area contributed by atoms with E-state index in [-0.39, 0.29) is 19.0 Å². The summed E-state index contributed by atoms with van der Waals surface area (Å²) in [4.78, 5) is 24.9. The third kappa shape index (κ3) is 3.85. The second-order valence-corrected chi connectivity index (χ2v) is 5.65. The Labute approximate surface area is 144 Å². The van der Waals surface area contributed by atoms with Gasteiger partial charge >= 0.3 is 12.1 Å². The molecule has 6 heteroatoms. The van der Waals surface area contributed by atoms with E-state index in [4.69, 9.17) is 4.74 Å². The van der Waals surface area contributed by atoms with Crippen molar-refractivity contribution < 1.29 is 23.8 Å². The molecule has 0 unspecified atom stereocenters. The van der Waals surface area contributed by atoms with Gasteiger partial charge in [0.1, 0.15) is 12.4 Å². The lowest BCUT2D eigenvalue weighted by atomic mass is 10.1. The molecule has 5 nitrogen and oxygen atoms in total. The minimum Gasteiger partial charge on any atom is -0.479 e. The van der Waals surface area contributed by atoms with Crippen LogP contribution in [-0.4, -0.2) is 34.7 Å². The smallest absolute Gasteiger partial charge is 0.411 e. The summed E-state index contributed by atoms with van der Waals surface area (Å²) in [5.74, 6) is -1.52. The SMILES string of the molecule is O=C(O)[C@@H]1C=C(c2ccc(F)cc2)CN1C(=O)OCc1ccccc1. The first-order valence-corrected chi connectivity index (χ1v) is 7.71. The second kappa shape index (κ2) is 7.17. The fraction of sp³-hybridized carbons (Fsp3) is 0.158. The molecular weight excluding hydrogens is 325 g/mol. The highest BCUT2D eigenvalue weighted by molar-refractivity contribution is 5.89. The van der Waals surface area contributed by atoms with Crippen LogP contribution in [0.5, 0.6) is 0 Å². The summed E-state index contributed by atoms with van der Waals surface area (Å²) in [5.41, 5.74) is 2.13. The maximum Gasteiger partial charge on any atom is 0.411 e. The molecule has 1 aliphatic heterocycles. The number of rotatable bonds is 4. The van der Waals surface area contributed by atoms with Gasteiger partial charge in [-0.05, 0) is 34.9 Å². The Morgan fingerprint density at radius 1 is 1.12 bits per heavy atom. The van der Waals surface area contributed by atoms with Crippen LogP contribution in [0, 0.1) is 5.82 Å². The molecule has 2 aromatic rings. The number of amides is 1. The van der Waals surface area contributed by atoms with Crippen molar-refractivity contribution in [3.05, 3.63) is 77.6 Å².